The normalized spacial score (nSPS) is 14.2. The van der Waals surface area contributed by atoms with Crippen molar-refractivity contribution in [1.82, 2.24) is 5.16 Å². The Morgan fingerprint density at radius 1 is 1.11 bits per heavy atom. The summed E-state index contributed by atoms with van der Waals surface area (Å²) in [6.45, 7) is 1.15. The molecule has 6 heteroatoms. The average Bonchev–Trinajstić information content (AvgIpc) is 2.65. The lowest BCUT2D eigenvalue weighted by atomic mass is 10.1. The van der Waals surface area contributed by atoms with Gasteiger partial charge < -0.3 is 24.8 Å². The minimum Gasteiger partial charge on any atom is -0.507 e. The van der Waals surface area contributed by atoms with Crippen molar-refractivity contribution < 1.29 is 19.1 Å². The van der Waals surface area contributed by atoms with Crippen molar-refractivity contribution in [2.75, 3.05) is 18.9 Å². The summed E-state index contributed by atoms with van der Waals surface area (Å²) in [7, 11) is 0. The first-order chi connectivity index (χ1) is 8.74. The predicted octanol–water partition coefficient (Wildman–Crippen LogP) is 1.79. The van der Waals surface area contributed by atoms with E-state index in [1.54, 1.807) is 12.1 Å². The molecule has 0 fully saturated rings. The highest BCUT2D eigenvalue weighted by atomic mass is 16.5. The van der Waals surface area contributed by atoms with E-state index in [4.69, 9.17) is 19.7 Å². The lowest BCUT2D eigenvalue weighted by molar-refractivity contribution is 0.296. The first kappa shape index (κ1) is 10.8. The maximum Gasteiger partial charge on any atom is 0.172 e. The minimum atomic E-state index is 0.0374. The van der Waals surface area contributed by atoms with E-state index in [1.807, 2.05) is 0 Å². The fraction of sp³-hybridized carbons (Fsp3) is 0.250. The number of ether oxygens (including phenoxy) is 2. The summed E-state index contributed by atoms with van der Waals surface area (Å²) >= 11 is 0. The number of nitrogens with two attached hydrogens (primary N) is 1. The van der Waals surface area contributed by atoms with Gasteiger partial charge in [-0.2, -0.15) is 0 Å². The van der Waals surface area contributed by atoms with Crippen molar-refractivity contribution in [3.05, 3.63) is 18.2 Å². The maximum atomic E-state index is 9.96. The smallest absolute Gasteiger partial charge is 0.172 e. The molecule has 2 aromatic rings. The summed E-state index contributed by atoms with van der Waals surface area (Å²) in [5, 5.41) is 13.5. The molecular weight excluding hydrogens is 236 g/mol. The van der Waals surface area contributed by atoms with Gasteiger partial charge in [-0.05, 0) is 6.07 Å². The molecule has 3 rings (SSSR count). The molecule has 0 amide bonds. The molecular formula is C12H12N2O4. The highest BCUT2D eigenvalue weighted by molar-refractivity contribution is 5.71. The summed E-state index contributed by atoms with van der Waals surface area (Å²) in [6, 6.07) is 4.71. The van der Waals surface area contributed by atoms with Crippen LogP contribution in [0.3, 0.4) is 0 Å². The van der Waals surface area contributed by atoms with E-state index in [2.05, 4.69) is 5.16 Å². The molecule has 18 heavy (non-hydrogen) atoms. The van der Waals surface area contributed by atoms with Gasteiger partial charge in [0.2, 0.25) is 0 Å². The van der Waals surface area contributed by atoms with E-state index in [0.717, 1.165) is 6.42 Å². The molecule has 1 aromatic heterocycles. The van der Waals surface area contributed by atoms with Crippen LogP contribution >= 0.6 is 0 Å². The molecule has 1 aliphatic rings. The highest BCUT2D eigenvalue weighted by Crippen LogP contribution is 2.40. The molecule has 0 spiro atoms. The predicted molar refractivity (Wildman–Crippen MR) is 63.6 cm³/mol. The monoisotopic (exact) mass is 248 g/mol. The van der Waals surface area contributed by atoms with Gasteiger partial charge in [-0.25, -0.2) is 0 Å². The third-order valence-corrected chi connectivity index (χ3v) is 2.66. The van der Waals surface area contributed by atoms with Crippen LogP contribution in [0.4, 0.5) is 5.82 Å². The fourth-order valence-electron chi connectivity index (χ4n) is 1.81. The molecule has 0 saturated heterocycles. The number of phenolic OH excluding ortho intramolecular Hbond substituents is 1. The summed E-state index contributed by atoms with van der Waals surface area (Å²) in [4.78, 5) is 0. The van der Waals surface area contributed by atoms with Crippen molar-refractivity contribution in [2.24, 2.45) is 0 Å². The number of rotatable bonds is 1. The van der Waals surface area contributed by atoms with E-state index in [9.17, 15) is 5.11 Å². The molecule has 3 N–H and O–H groups in total. The van der Waals surface area contributed by atoms with Gasteiger partial charge >= 0.3 is 0 Å². The second-order valence-corrected chi connectivity index (χ2v) is 3.98. The second-order valence-electron chi connectivity index (χ2n) is 3.98. The molecule has 0 saturated carbocycles. The molecule has 2 heterocycles. The number of nitrogen functional groups attached to an aromatic ring is 1. The number of hydrogen-bond donors (Lipinski definition) is 2. The molecule has 0 radical (unpaired) electrons. The highest BCUT2D eigenvalue weighted by Gasteiger charge is 2.17. The Kier molecular flexibility index (Phi) is 2.47. The number of benzene rings is 1. The molecule has 1 aliphatic heterocycles. The Labute approximate surface area is 103 Å². The average molecular weight is 248 g/mol. The first-order valence-corrected chi connectivity index (χ1v) is 5.59. The lowest BCUT2D eigenvalue weighted by Crippen LogP contribution is -1.97. The Morgan fingerprint density at radius 2 is 1.83 bits per heavy atom. The molecule has 6 nitrogen and oxygen atoms in total. The van der Waals surface area contributed by atoms with E-state index >= 15 is 0 Å². The number of anilines is 1. The van der Waals surface area contributed by atoms with Gasteiger partial charge in [0.05, 0.1) is 18.8 Å². The third-order valence-electron chi connectivity index (χ3n) is 2.66. The van der Waals surface area contributed by atoms with E-state index in [0.29, 0.717) is 36.0 Å². The van der Waals surface area contributed by atoms with Crippen LogP contribution in [0, 0.1) is 0 Å². The van der Waals surface area contributed by atoms with Gasteiger partial charge in [0.1, 0.15) is 5.75 Å². The van der Waals surface area contributed by atoms with Gasteiger partial charge in [0.25, 0.3) is 0 Å². The summed E-state index contributed by atoms with van der Waals surface area (Å²) in [6.07, 6.45) is 0.806. The topological polar surface area (TPSA) is 90.7 Å². The van der Waals surface area contributed by atoms with Crippen molar-refractivity contribution >= 4 is 5.82 Å². The van der Waals surface area contributed by atoms with Crippen LogP contribution in [0.25, 0.3) is 11.3 Å². The van der Waals surface area contributed by atoms with Crippen LogP contribution in [0.15, 0.2) is 22.7 Å². The Bertz CT molecular complexity index is 579. The molecule has 94 valence electrons. The SMILES string of the molecule is Nc1cc(-c2cc3c(cc2O)OCCCO3)on1. The van der Waals surface area contributed by atoms with Crippen LogP contribution in [-0.4, -0.2) is 23.5 Å². The second kappa shape index (κ2) is 4.14. The number of hydrogen-bond acceptors (Lipinski definition) is 6. The number of nitrogens with zero attached hydrogens (tertiary/aromatic N) is 1. The largest absolute Gasteiger partial charge is 0.507 e. The quantitative estimate of drug-likeness (QED) is 0.799. The summed E-state index contributed by atoms with van der Waals surface area (Å²) in [5.74, 6) is 1.80. The van der Waals surface area contributed by atoms with Crippen LogP contribution in [0.1, 0.15) is 6.42 Å². The van der Waals surface area contributed by atoms with Gasteiger partial charge in [-0.1, -0.05) is 5.16 Å². The summed E-state index contributed by atoms with van der Waals surface area (Å²) in [5.41, 5.74) is 5.96. The Hall–Kier alpha value is -2.37. The standard InChI is InChI=1S/C12H12N2O4/c13-12-6-9(18-14-12)7-4-10-11(5-8(7)15)17-3-1-2-16-10/h4-6,15H,1-3H2,(H2,13,14). The van der Waals surface area contributed by atoms with Crippen LogP contribution in [-0.2, 0) is 0 Å². The third kappa shape index (κ3) is 1.81. The Morgan fingerprint density at radius 3 is 2.50 bits per heavy atom. The van der Waals surface area contributed by atoms with E-state index in [1.165, 1.54) is 6.07 Å². The zero-order chi connectivity index (χ0) is 12.5. The first-order valence-electron chi connectivity index (χ1n) is 5.59. The molecule has 0 aliphatic carbocycles. The molecule has 0 bridgehead atoms. The summed E-state index contributed by atoms with van der Waals surface area (Å²) < 4.78 is 16.0. The Balaban J connectivity index is 2.08. The van der Waals surface area contributed by atoms with Gasteiger partial charge in [-0.15, -0.1) is 0 Å². The molecule has 0 unspecified atom stereocenters. The zero-order valence-electron chi connectivity index (χ0n) is 9.55. The number of aromatic nitrogens is 1. The zero-order valence-corrected chi connectivity index (χ0v) is 9.55. The van der Waals surface area contributed by atoms with E-state index in [-0.39, 0.29) is 11.6 Å². The van der Waals surface area contributed by atoms with Crippen molar-refractivity contribution in [3.8, 4) is 28.6 Å². The number of phenols is 1. The van der Waals surface area contributed by atoms with E-state index < -0.39 is 0 Å². The van der Waals surface area contributed by atoms with Crippen molar-refractivity contribution in [3.63, 3.8) is 0 Å². The van der Waals surface area contributed by atoms with Gasteiger partial charge in [0, 0.05) is 18.6 Å². The van der Waals surface area contributed by atoms with Gasteiger partial charge in [-0.3, -0.25) is 0 Å². The number of fused-ring (bicyclic) bond motifs is 1. The van der Waals surface area contributed by atoms with Crippen LogP contribution in [0.2, 0.25) is 0 Å². The van der Waals surface area contributed by atoms with Crippen LogP contribution < -0.4 is 15.2 Å². The minimum absolute atomic E-state index is 0.0374. The molecule has 1 aromatic carbocycles. The van der Waals surface area contributed by atoms with Crippen LogP contribution in [0.5, 0.6) is 17.2 Å². The van der Waals surface area contributed by atoms with Gasteiger partial charge in [0.15, 0.2) is 23.1 Å². The van der Waals surface area contributed by atoms with Crippen molar-refractivity contribution in [2.45, 2.75) is 6.42 Å². The lowest BCUT2D eigenvalue weighted by Gasteiger charge is -2.09. The fourth-order valence-corrected chi connectivity index (χ4v) is 1.81. The molecule has 0 atom stereocenters. The maximum absolute atomic E-state index is 9.96. The van der Waals surface area contributed by atoms with Crippen molar-refractivity contribution in [1.29, 1.82) is 0 Å². The number of aromatic hydroxyl groups is 1.